The van der Waals surface area contributed by atoms with Gasteiger partial charge in [0.15, 0.2) is 5.78 Å². The SMILES string of the molecule is CC[C@H](N[C@@H](C)CC(N)=O)c1ccc(Cl)c(C(=O)c2ccccc2)c1F.[HH].[HH]. The number of carbonyl (C=O) groups is 2. The molecule has 0 unspecified atom stereocenters. The molecular weight excluding hydrogens is 355 g/mol. The van der Waals surface area contributed by atoms with Crippen molar-refractivity contribution in [2.45, 2.75) is 38.8 Å². The number of nitrogens with one attached hydrogen (secondary N) is 1. The lowest BCUT2D eigenvalue weighted by atomic mass is 9.95. The van der Waals surface area contributed by atoms with Gasteiger partial charge in [0, 0.05) is 32.5 Å². The van der Waals surface area contributed by atoms with Gasteiger partial charge in [-0.2, -0.15) is 0 Å². The predicted molar refractivity (Wildman–Crippen MR) is 105 cm³/mol. The molecule has 142 valence electrons. The Hall–Kier alpha value is -2.24. The molecule has 2 rings (SSSR count). The van der Waals surface area contributed by atoms with E-state index in [2.05, 4.69) is 5.32 Å². The molecule has 0 aliphatic rings. The number of amides is 1. The molecule has 0 aromatic heterocycles. The average Bonchev–Trinajstić information content (AvgIpc) is 2.60. The molecule has 0 saturated carbocycles. The Morgan fingerprint density at radius 3 is 2.46 bits per heavy atom. The van der Waals surface area contributed by atoms with Crippen molar-refractivity contribution in [1.29, 1.82) is 0 Å². The largest absolute Gasteiger partial charge is 0.370 e. The molecule has 0 bridgehead atoms. The molecule has 2 aromatic carbocycles. The maximum absolute atomic E-state index is 15.2. The molecule has 2 atom stereocenters. The standard InChI is InChI=1S/C20H22ClFN2O2.2H2/c1-3-16(24-12(2)11-17(23)25)14-9-10-15(21)18(19(14)22)20(26)13-7-5-4-6-8-13;;/h4-10,12,16,24H,3,11H2,1-2H3,(H2,23,25);2*1H/t12-,16-;;/m0../s1. The van der Waals surface area contributed by atoms with Crippen molar-refractivity contribution >= 4 is 23.3 Å². The summed E-state index contributed by atoms with van der Waals surface area (Å²) in [6.07, 6.45) is 0.710. The first kappa shape index (κ1) is 20.1. The lowest BCUT2D eigenvalue weighted by molar-refractivity contribution is -0.118. The van der Waals surface area contributed by atoms with Crippen molar-refractivity contribution in [3.63, 3.8) is 0 Å². The summed E-state index contributed by atoms with van der Waals surface area (Å²) in [4.78, 5) is 23.8. The number of ketones is 1. The molecule has 2 aromatic rings. The first-order valence-electron chi connectivity index (χ1n) is 8.47. The zero-order chi connectivity index (χ0) is 19.3. The maximum Gasteiger partial charge on any atom is 0.218 e. The van der Waals surface area contributed by atoms with E-state index < -0.39 is 17.5 Å². The second kappa shape index (κ2) is 8.92. The Balaban J connectivity index is 0.00000364. The van der Waals surface area contributed by atoms with E-state index in [1.807, 2.05) is 6.92 Å². The van der Waals surface area contributed by atoms with E-state index in [0.717, 1.165) is 0 Å². The molecule has 3 N–H and O–H groups in total. The third-order valence-corrected chi connectivity index (χ3v) is 4.48. The molecule has 0 heterocycles. The third-order valence-electron chi connectivity index (χ3n) is 4.16. The monoisotopic (exact) mass is 380 g/mol. The number of halogens is 2. The highest BCUT2D eigenvalue weighted by molar-refractivity contribution is 6.35. The van der Waals surface area contributed by atoms with Crippen molar-refractivity contribution in [3.8, 4) is 0 Å². The second-order valence-corrected chi connectivity index (χ2v) is 6.63. The molecule has 0 aliphatic heterocycles. The second-order valence-electron chi connectivity index (χ2n) is 6.22. The van der Waals surface area contributed by atoms with E-state index in [9.17, 15) is 9.59 Å². The minimum atomic E-state index is -0.642. The van der Waals surface area contributed by atoms with Crippen molar-refractivity contribution in [2.24, 2.45) is 5.73 Å². The molecule has 0 saturated heterocycles. The van der Waals surface area contributed by atoms with Crippen LogP contribution in [-0.2, 0) is 4.79 Å². The van der Waals surface area contributed by atoms with Crippen LogP contribution >= 0.6 is 11.6 Å². The van der Waals surface area contributed by atoms with Gasteiger partial charge in [0.2, 0.25) is 5.91 Å². The van der Waals surface area contributed by atoms with Gasteiger partial charge in [-0.1, -0.05) is 54.9 Å². The van der Waals surface area contributed by atoms with Gasteiger partial charge in [-0.3, -0.25) is 9.59 Å². The minimum absolute atomic E-state index is 0. The van der Waals surface area contributed by atoms with Crippen molar-refractivity contribution in [2.75, 3.05) is 0 Å². The van der Waals surface area contributed by atoms with Crippen molar-refractivity contribution < 1.29 is 16.8 Å². The Morgan fingerprint density at radius 2 is 1.88 bits per heavy atom. The molecule has 6 heteroatoms. The Morgan fingerprint density at radius 1 is 1.23 bits per heavy atom. The normalized spacial score (nSPS) is 13.2. The number of primary amides is 1. The Kier molecular flexibility index (Phi) is 6.89. The van der Waals surface area contributed by atoms with Crippen LogP contribution in [0.5, 0.6) is 0 Å². The molecule has 0 aliphatic carbocycles. The van der Waals surface area contributed by atoms with Crippen LogP contribution in [-0.4, -0.2) is 17.7 Å². The number of benzene rings is 2. The van der Waals surface area contributed by atoms with Gasteiger partial charge in [0.05, 0.1) is 10.6 Å². The summed E-state index contributed by atoms with van der Waals surface area (Å²) in [5.41, 5.74) is 5.78. The average molecular weight is 381 g/mol. The highest BCUT2D eigenvalue weighted by Crippen LogP contribution is 2.30. The third kappa shape index (κ3) is 4.68. The zero-order valence-corrected chi connectivity index (χ0v) is 15.5. The van der Waals surface area contributed by atoms with Crippen LogP contribution in [0.3, 0.4) is 0 Å². The molecule has 4 nitrogen and oxygen atoms in total. The van der Waals surface area contributed by atoms with Crippen molar-refractivity contribution in [3.05, 3.63) is 70.0 Å². The summed E-state index contributed by atoms with van der Waals surface area (Å²) in [6.45, 7) is 3.69. The van der Waals surface area contributed by atoms with Crippen molar-refractivity contribution in [1.82, 2.24) is 5.32 Å². The summed E-state index contributed by atoms with van der Waals surface area (Å²) in [5.74, 6) is -1.54. The fraction of sp³-hybridized carbons (Fsp3) is 0.300. The lowest BCUT2D eigenvalue weighted by Gasteiger charge is -2.23. The maximum atomic E-state index is 15.2. The first-order chi connectivity index (χ1) is 12.3. The number of rotatable bonds is 8. The minimum Gasteiger partial charge on any atom is -0.370 e. The van der Waals surface area contributed by atoms with Crippen LogP contribution in [0.2, 0.25) is 5.02 Å². The summed E-state index contributed by atoms with van der Waals surface area (Å²) < 4.78 is 15.2. The van der Waals surface area contributed by atoms with Gasteiger partial charge in [0.25, 0.3) is 0 Å². The van der Waals surface area contributed by atoms with E-state index in [-0.39, 0.29) is 31.9 Å². The fourth-order valence-electron chi connectivity index (χ4n) is 2.91. The van der Waals surface area contributed by atoms with Crippen LogP contribution in [0.25, 0.3) is 0 Å². The molecule has 0 spiro atoms. The Bertz CT molecular complexity index is 806. The van der Waals surface area contributed by atoms with E-state index >= 15 is 4.39 Å². The first-order valence-corrected chi connectivity index (χ1v) is 8.84. The van der Waals surface area contributed by atoms with Gasteiger partial charge < -0.3 is 11.1 Å². The number of hydrogen-bond donors (Lipinski definition) is 2. The number of nitrogens with two attached hydrogens (primary N) is 1. The predicted octanol–water partition coefficient (Wildman–Crippen LogP) is 4.51. The van der Waals surface area contributed by atoms with Gasteiger partial charge in [-0.25, -0.2) is 4.39 Å². The molecular formula is C20H26ClFN2O2. The Labute approximate surface area is 160 Å². The highest BCUT2D eigenvalue weighted by atomic mass is 35.5. The quantitative estimate of drug-likeness (QED) is 0.662. The highest BCUT2D eigenvalue weighted by Gasteiger charge is 2.24. The summed E-state index contributed by atoms with van der Waals surface area (Å²) in [7, 11) is 0. The molecule has 1 amide bonds. The van der Waals surface area contributed by atoms with Gasteiger partial charge in [0.1, 0.15) is 5.82 Å². The van der Waals surface area contributed by atoms with E-state index in [1.165, 1.54) is 6.07 Å². The molecule has 26 heavy (non-hydrogen) atoms. The summed E-state index contributed by atoms with van der Waals surface area (Å²) >= 11 is 6.13. The van der Waals surface area contributed by atoms with Crippen LogP contribution in [0, 0.1) is 5.82 Å². The topological polar surface area (TPSA) is 72.2 Å². The van der Waals surface area contributed by atoms with Gasteiger partial charge in [-0.15, -0.1) is 0 Å². The summed E-state index contributed by atoms with van der Waals surface area (Å²) in [5, 5.41) is 3.25. The smallest absolute Gasteiger partial charge is 0.218 e. The molecule has 0 radical (unpaired) electrons. The van der Waals surface area contributed by atoms with Gasteiger partial charge >= 0.3 is 0 Å². The van der Waals surface area contributed by atoms with E-state index in [1.54, 1.807) is 43.3 Å². The van der Waals surface area contributed by atoms with Crippen LogP contribution < -0.4 is 11.1 Å². The molecule has 0 fully saturated rings. The number of hydrogen-bond acceptors (Lipinski definition) is 3. The van der Waals surface area contributed by atoms with Crippen LogP contribution in [0.1, 0.15) is 57.1 Å². The van der Waals surface area contributed by atoms with Crippen LogP contribution in [0.4, 0.5) is 4.39 Å². The number of carbonyl (C=O) groups excluding carboxylic acids is 2. The summed E-state index contributed by atoms with van der Waals surface area (Å²) in [6, 6.07) is 10.9. The van der Waals surface area contributed by atoms with E-state index in [4.69, 9.17) is 17.3 Å². The lowest BCUT2D eigenvalue weighted by Crippen LogP contribution is -2.34. The van der Waals surface area contributed by atoms with Crippen LogP contribution in [0.15, 0.2) is 42.5 Å². The van der Waals surface area contributed by atoms with E-state index in [0.29, 0.717) is 17.5 Å². The fourth-order valence-corrected chi connectivity index (χ4v) is 3.14. The zero-order valence-electron chi connectivity index (χ0n) is 14.8. The van der Waals surface area contributed by atoms with Gasteiger partial charge in [-0.05, 0) is 19.4 Å².